The van der Waals surface area contributed by atoms with Gasteiger partial charge < -0.3 is 9.47 Å². The second kappa shape index (κ2) is 10.8. The summed E-state index contributed by atoms with van der Waals surface area (Å²) in [6.45, 7) is 4.96. The van der Waals surface area contributed by atoms with Crippen LogP contribution in [0.1, 0.15) is 47.7 Å². The van der Waals surface area contributed by atoms with Crippen molar-refractivity contribution in [3.05, 3.63) is 51.7 Å². The fourth-order valence-corrected chi connectivity index (χ4v) is 11.3. The van der Waals surface area contributed by atoms with Gasteiger partial charge in [-0.15, -0.1) is 0 Å². The molecule has 3 fully saturated rings. The number of hydrogen-bond acceptors (Lipinski definition) is 9. The summed E-state index contributed by atoms with van der Waals surface area (Å²) in [5.41, 5.74) is 0.851. The molecule has 1 N–H and O–H groups in total. The molecular formula is C25H23I3O10S2. The monoisotopic (exact) mass is 928 g/mol. The minimum absolute atomic E-state index is 0.0493. The lowest BCUT2D eigenvalue weighted by Crippen LogP contribution is -2.46. The summed E-state index contributed by atoms with van der Waals surface area (Å²) in [7, 11) is -8.67. The van der Waals surface area contributed by atoms with E-state index in [2.05, 4.69) is 67.8 Å². The first kappa shape index (κ1) is 30.8. The molecule has 1 saturated heterocycles. The Morgan fingerprint density at radius 1 is 1.10 bits per heavy atom. The smallest absolute Gasteiger partial charge is 0.339 e. The molecule has 1 heterocycles. The topological polar surface area (TPSA) is 150 Å². The van der Waals surface area contributed by atoms with E-state index in [-0.39, 0.29) is 27.7 Å². The molecule has 0 aromatic heterocycles. The van der Waals surface area contributed by atoms with Crippen molar-refractivity contribution in [2.45, 2.75) is 55.5 Å². The molecule has 2 aliphatic carbocycles. The Balaban J connectivity index is 1.46. The molecule has 1 aliphatic heterocycles. The van der Waals surface area contributed by atoms with Crippen molar-refractivity contribution >= 4 is 99.9 Å². The summed E-state index contributed by atoms with van der Waals surface area (Å²) in [6, 6.07) is 6.19. The van der Waals surface area contributed by atoms with Crippen LogP contribution in [0.25, 0.3) is 0 Å². The van der Waals surface area contributed by atoms with E-state index in [1.54, 1.807) is 19.9 Å². The standard InChI is InChI=1S/C25H23I3O10S2/c1-9(2)12-8-17(10(3)4-18(12)39(31,32)33)36-25(30)19-13-7-15-22(38-40(34,35)23(15)19)21(13)37-24(29)14-5-11(26)6-16(27)20(14)28/h4-6,8-9,13,15,19,21-23H,7H2,1-3H3,(H,31,32,33). The lowest BCUT2D eigenvalue weighted by molar-refractivity contribution is -0.143. The van der Waals surface area contributed by atoms with Gasteiger partial charge in [0.1, 0.15) is 23.2 Å². The van der Waals surface area contributed by atoms with E-state index in [0.717, 1.165) is 7.14 Å². The number of fused-ring (bicyclic) bond motifs is 1. The van der Waals surface area contributed by atoms with Crippen molar-refractivity contribution in [3.8, 4) is 5.75 Å². The predicted octanol–water partition coefficient (Wildman–Crippen LogP) is 4.67. The first-order chi connectivity index (χ1) is 18.5. The van der Waals surface area contributed by atoms with Crippen LogP contribution in [0.5, 0.6) is 5.75 Å². The van der Waals surface area contributed by atoms with Crippen molar-refractivity contribution < 1.29 is 44.6 Å². The lowest BCUT2D eigenvalue weighted by atomic mass is 9.84. The molecule has 15 heteroatoms. The van der Waals surface area contributed by atoms with E-state index in [1.165, 1.54) is 19.1 Å². The van der Waals surface area contributed by atoms with Crippen LogP contribution in [-0.4, -0.2) is 50.8 Å². The molecule has 0 spiro atoms. The van der Waals surface area contributed by atoms with Gasteiger partial charge in [0.15, 0.2) is 0 Å². The molecule has 6 unspecified atom stereocenters. The van der Waals surface area contributed by atoms with Crippen molar-refractivity contribution in [2.75, 3.05) is 0 Å². The summed E-state index contributed by atoms with van der Waals surface area (Å²) in [5.74, 6) is -4.07. The molecule has 2 bridgehead atoms. The fraction of sp³-hybridized carbons (Fsp3) is 0.440. The van der Waals surface area contributed by atoms with Gasteiger partial charge in [-0.05, 0) is 122 Å². The average molecular weight is 928 g/mol. The molecule has 0 amide bonds. The number of rotatable bonds is 6. The van der Waals surface area contributed by atoms with Gasteiger partial charge in [0.05, 0.1) is 16.4 Å². The van der Waals surface area contributed by atoms with Crippen LogP contribution >= 0.6 is 67.8 Å². The third-order valence-corrected chi connectivity index (χ3v) is 14.1. The molecule has 10 nitrogen and oxygen atoms in total. The predicted molar refractivity (Wildman–Crippen MR) is 167 cm³/mol. The first-order valence-corrected chi connectivity index (χ1v) is 18.3. The van der Waals surface area contributed by atoms with Crippen molar-refractivity contribution in [3.63, 3.8) is 0 Å². The molecule has 2 aromatic rings. The van der Waals surface area contributed by atoms with Crippen LogP contribution < -0.4 is 4.74 Å². The van der Waals surface area contributed by atoms with Gasteiger partial charge in [0.2, 0.25) is 0 Å². The third-order valence-electron chi connectivity index (χ3n) is 7.67. The van der Waals surface area contributed by atoms with Gasteiger partial charge in [0, 0.05) is 22.5 Å². The molecule has 0 radical (unpaired) electrons. The van der Waals surface area contributed by atoms with Gasteiger partial charge in [-0.1, -0.05) is 13.8 Å². The minimum atomic E-state index is -4.53. The van der Waals surface area contributed by atoms with Gasteiger partial charge in [-0.3, -0.25) is 13.5 Å². The van der Waals surface area contributed by atoms with Gasteiger partial charge in [0.25, 0.3) is 20.2 Å². The van der Waals surface area contributed by atoms with Gasteiger partial charge in [-0.25, -0.2) is 4.79 Å². The summed E-state index contributed by atoms with van der Waals surface area (Å²) in [5, 5.41) is -1.13. The van der Waals surface area contributed by atoms with Crippen LogP contribution in [0, 0.1) is 35.4 Å². The Labute approximate surface area is 272 Å². The van der Waals surface area contributed by atoms with E-state index in [0.29, 0.717) is 15.6 Å². The molecule has 2 aromatic carbocycles. The normalized spacial score (nSPS) is 28.2. The number of halogens is 3. The molecule has 3 aliphatic rings. The zero-order valence-corrected chi connectivity index (χ0v) is 29.2. The van der Waals surface area contributed by atoms with E-state index in [9.17, 15) is 31.0 Å². The number of ether oxygens (including phenoxy) is 2. The molecule has 2 saturated carbocycles. The number of benzene rings is 2. The first-order valence-electron chi connectivity index (χ1n) is 12.1. The average Bonchev–Trinajstić information content (AvgIpc) is 3.44. The van der Waals surface area contributed by atoms with E-state index < -0.39 is 67.4 Å². The number of esters is 2. The SMILES string of the molecule is Cc1cc(S(=O)(=O)O)c(C(C)C)cc1OC(=O)C1C2CC3C(OS(=O)(=O)C31)C2OC(=O)c1cc(I)cc(I)c1I. The number of carbonyl (C=O) groups excluding carboxylic acids is 2. The van der Waals surface area contributed by atoms with Crippen molar-refractivity contribution in [1.29, 1.82) is 0 Å². The van der Waals surface area contributed by atoms with Crippen LogP contribution in [0.3, 0.4) is 0 Å². The van der Waals surface area contributed by atoms with Crippen LogP contribution in [0.4, 0.5) is 0 Å². The molecule has 216 valence electrons. The number of hydrogen-bond donors (Lipinski definition) is 1. The number of aryl methyl sites for hydroxylation is 1. The highest BCUT2D eigenvalue weighted by Gasteiger charge is 2.72. The summed E-state index contributed by atoms with van der Waals surface area (Å²) < 4.78 is 78.8. The molecule has 40 heavy (non-hydrogen) atoms. The van der Waals surface area contributed by atoms with E-state index in [4.69, 9.17) is 13.7 Å². The molecule has 5 rings (SSSR count). The van der Waals surface area contributed by atoms with Gasteiger partial charge in [-0.2, -0.15) is 16.8 Å². The second-order valence-corrected chi connectivity index (χ2v) is 17.0. The number of carbonyl (C=O) groups is 2. The minimum Gasteiger partial charge on any atom is -0.456 e. The highest BCUT2D eigenvalue weighted by atomic mass is 127. The lowest BCUT2D eigenvalue weighted by Gasteiger charge is -2.30. The quantitative estimate of drug-likeness (QED) is 0.108. The maximum absolute atomic E-state index is 13.6. The molecule has 6 atom stereocenters. The van der Waals surface area contributed by atoms with Gasteiger partial charge >= 0.3 is 11.9 Å². The van der Waals surface area contributed by atoms with Crippen LogP contribution in [-0.2, 0) is 34.0 Å². The summed E-state index contributed by atoms with van der Waals surface area (Å²) in [6.07, 6.45) is -1.54. The summed E-state index contributed by atoms with van der Waals surface area (Å²) in [4.78, 5) is 26.5. The van der Waals surface area contributed by atoms with Crippen LogP contribution in [0.15, 0.2) is 29.2 Å². The zero-order chi connectivity index (χ0) is 29.5. The Morgan fingerprint density at radius 2 is 1.77 bits per heavy atom. The second-order valence-electron chi connectivity index (χ2n) is 10.4. The summed E-state index contributed by atoms with van der Waals surface area (Å²) >= 11 is 6.27. The Hall–Kier alpha value is -0.610. The Morgan fingerprint density at radius 3 is 2.40 bits per heavy atom. The maximum Gasteiger partial charge on any atom is 0.339 e. The fourth-order valence-electron chi connectivity index (χ4n) is 5.98. The zero-order valence-electron chi connectivity index (χ0n) is 21.1. The largest absolute Gasteiger partial charge is 0.456 e. The molecular weight excluding hydrogens is 905 g/mol. The maximum atomic E-state index is 13.6. The third kappa shape index (κ3) is 5.33. The highest BCUT2D eigenvalue weighted by molar-refractivity contribution is 14.1. The van der Waals surface area contributed by atoms with E-state index >= 15 is 0 Å². The van der Waals surface area contributed by atoms with Crippen molar-refractivity contribution in [1.82, 2.24) is 0 Å². The van der Waals surface area contributed by atoms with Crippen LogP contribution in [0.2, 0.25) is 0 Å². The Kier molecular flexibility index (Phi) is 8.35. The van der Waals surface area contributed by atoms with E-state index in [1.807, 2.05) is 6.07 Å². The Bertz CT molecular complexity index is 1660. The van der Waals surface area contributed by atoms with Crippen molar-refractivity contribution in [2.24, 2.45) is 17.8 Å². The highest BCUT2D eigenvalue weighted by Crippen LogP contribution is 2.59.